The van der Waals surface area contributed by atoms with Gasteiger partial charge in [-0.15, -0.1) is 0 Å². The van der Waals surface area contributed by atoms with E-state index in [4.69, 9.17) is 11.0 Å². The molecule has 0 aliphatic rings. The fourth-order valence-electron chi connectivity index (χ4n) is 1.70. The number of halogens is 2. The van der Waals surface area contributed by atoms with Crippen LogP contribution in [0.1, 0.15) is 5.56 Å². The molecule has 2 aromatic carbocycles. The fourth-order valence-corrected chi connectivity index (χ4v) is 2.98. The molecule has 8 heteroatoms. The SMILES string of the molecule is N#Cc1cc(F)ccc1NS(=O)(=O)c1c(N)cccc1F. The summed E-state index contributed by atoms with van der Waals surface area (Å²) in [4.78, 5) is -0.724. The molecule has 3 N–H and O–H groups in total. The standard InChI is InChI=1S/C13H9F2N3O2S/c14-9-4-5-12(8(6-9)7-16)18-21(19,20)13-10(15)2-1-3-11(13)17/h1-6,18H,17H2. The van der Waals surface area contributed by atoms with Crippen molar-refractivity contribution in [1.82, 2.24) is 0 Å². The third-order valence-electron chi connectivity index (χ3n) is 2.61. The van der Waals surface area contributed by atoms with Crippen molar-refractivity contribution < 1.29 is 17.2 Å². The predicted octanol–water partition coefficient (Wildman–Crippen LogP) is 2.22. The molecule has 0 aliphatic carbocycles. The lowest BCUT2D eigenvalue weighted by Gasteiger charge is -2.11. The molecule has 0 radical (unpaired) electrons. The van der Waals surface area contributed by atoms with Crippen LogP contribution in [0, 0.1) is 23.0 Å². The fraction of sp³-hybridized carbons (Fsp3) is 0. The van der Waals surface area contributed by atoms with Crippen LogP contribution in [0.3, 0.4) is 0 Å². The van der Waals surface area contributed by atoms with Gasteiger partial charge in [-0.3, -0.25) is 4.72 Å². The average Bonchev–Trinajstić information content (AvgIpc) is 2.40. The molecule has 0 amide bonds. The van der Waals surface area contributed by atoms with E-state index >= 15 is 0 Å². The Morgan fingerprint density at radius 3 is 2.52 bits per heavy atom. The van der Waals surface area contributed by atoms with Crippen LogP contribution in [0.25, 0.3) is 0 Å². The van der Waals surface area contributed by atoms with Gasteiger partial charge in [0.15, 0.2) is 0 Å². The van der Waals surface area contributed by atoms with Gasteiger partial charge in [0.05, 0.1) is 16.9 Å². The monoisotopic (exact) mass is 309 g/mol. The number of nitrogen functional groups attached to an aromatic ring is 1. The Morgan fingerprint density at radius 2 is 1.90 bits per heavy atom. The Hall–Kier alpha value is -2.66. The van der Waals surface area contributed by atoms with Crippen LogP contribution in [0.5, 0.6) is 0 Å². The van der Waals surface area contributed by atoms with Crippen molar-refractivity contribution in [3.63, 3.8) is 0 Å². The van der Waals surface area contributed by atoms with Crippen molar-refractivity contribution in [2.45, 2.75) is 4.90 Å². The Morgan fingerprint density at radius 1 is 1.19 bits per heavy atom. The lowest BCUT2D eigenvalue weighted by atomic mass is 10.2. The molecular weight excluding hydrogens is 300 g/mol. The van der Waals surface area contributed by atoms with Gasteiger partial charge in [-0.05, 0) is 30.3 Å². The zero-order valence-corrected chi connectivity index (χ0v) is 11.3. The van der Waals surface area contributed by atoms with Crippen LogP contribution in [-0.4, -0.2) is 8.42 Å². The second kappa shape index (κ2) is 5.38. The molecular formula is C13H9F2N3O2S. The van der Waals surface area contributed by atoms with E-state index in [-0.39, 0.29) is 16.9 Å². The van der Waals surface area contributed by atoms with Crippen LogP contribution < -0.4 is 10.5 Å². The minimum absolute atomic E-state index is 0.165. The zero-order chi connectivity index (χ0) is 15.6. The first-order chi connectivity index (χ1) is 9.85. The van der Waals surface area contributed by atoms with Gasteiger partial charge in [0.1, 0.15) is 22.6 Å². The smallest absolute Gasteiger partial charge is 0.266 e. The van der Waals surface area contributed by atoms with E-state index in [0.29, 0.717) is 0 Å². The van der Waals surface area contributed by atoms with Crippen molar-refractivity contribution in [1.29, 1.82) is 5.26 Å². The van der Waals surface area contributed by atoms with E-state index in [1.54, 1.807) is 6.07 Å². The average molecular weight is 309 g/mol. The van der Waals surface area contributed by atoms with Crippen LogP contribution in [0.15, 0.2) is 41.3 Å². The summed E-state index contributed by atoms with van der Waals surface area (Å²) in [6, 6.07) is 8.00. The Balaban J connectivity index is 2.51. The first-order valence-electron chi connectivity index (χ1n) is 5.61. The molecule has 2 rings (SSSR count). The van der Waals surface area contributed by atoms with Gasteiger partial charge in [0, 0.05) is 0 Å². The summed E-state index contributed by atoms with van der Waals surface area (Å²) in [6.07, 6.45) is 0. The van der Waals surface area contributed by atoms with Crippen molar-refractivity contribution in [2.75, 3.05) is 10.5 Å². The van der Waals surface area contributed by atoms with Crippen LogP contribution in [0.4, 0.5) is 20.2 Å². The van der Waals surface area contributed by atoms with Crippen molar-refractivity contribution in [3.8, 4) is 6.07 Å². The summed E-state index contributed by atoms with van der Waals surface area (Å²) in [6.45, 7) is 0. The number of nitriles is 1. The quantitative estimate of drug-likeness (QED) is 0.850. The van der Waals surface area contributed by atoms with Gasteiger partial charge in [-0.25, -0.2) is 17.2 Å². The third kappa shape index (κ3) is 2.93. The van der Waals surface area contributed by atoms with Gasteiger partial charge in [0.25, 0.3) is 10.0 Å². The molecule has 0 unspecified atom stereocenters. The van der Waals surface area contributed by atoms with E-state index in [1.807, 2.05) is 4.72 Å². The van der Waals surface area contributed by atoms with E-state index < -0.39 is 26.6 Å². The van der Waals surface area contributed by atoms with E-state index in [1.165, 1.54) is 12.1 Å². The summed E-state index contributed by atoms with van der Waals surface area (Å²) < 4.78 is 53.0. The van der Waals surface area contributed by atoms with Crippen LogP contribution >= 0.6 is 0 Å². The van der Waals surface area contributed by atoms with Gasteiger partial charge >= 0.3 is 0 Å². The number of hydrogen-bond acceptors (Lipinski definition) is 4. The molecule has 21 heavy (non-hydrogen) atoms. The number of sulfonamides is 1. The maximum atomic E-state index is 13.7. The third-order valence-corrected chi connectivity index (χ3v) is 4.07. The highest BCUT2D eigenvalue weighted by Crippen LogP contribution is 2.26. The van der Waals surface area contributed by atoms with Crippen molar-refractivity contribution in [3.05, 3.63) is 53.6 Å². The van der Waals surface area contributed by atoms with Gasteiger partial charge in [0.2, 0.25) is 0 Å². The number of hydrogen-bond donors (Lipinski definition) is 2. The normalized spacial score (nSPS) is 10.9. The van der Waals surface area contributed by atoms with E-state index in [9.17, 15) is 17.2 Å². The van der Waals surface area contributed by atoms with Gasteiger partial charge in [-0.2, -0.15) is 5.26 Å². The van der Waals surface area contributed by atoms with Gasteiger partial charge in [-0.1, -0.05) is 6.07 Å². The molecule has 0 saturated heterocycles. The maximum Gasteiger partial charge on any atom is 0.266 e. The molecule has 2 aromatic rings. The Kier molecular flexibility index (Phi) is 3.78. The topological polar surface area (TPSA) is 96.0 Å². The largest absolute Gasteiger partial charge is 0.398 e. The molecule has 5 nitrogen and oxygen atoms in total. The molecule has 0 bridgehead atoms. The van der Waals surface area contributed by atoms with Crippen LogP contribution in [0.2, 0.25) is 0 Å². The minimum Gasteiger partial charge on any atom is -0.398 e. The number of nitrogens with two attached hydrogens (primary N) is 1. The van der Waals surface area contributed by atoms with E-state index in [2.05, 4.69) is 0 Å². The molecule has 0 spiro atoms. The summed E-state index contributed by atoms with van der Waals surface area (Å²) in [5, 5.41) is 8.87. The lowest BCUT2D eigenvalue weighted by molar-refractivity contribution is 0.571. The minimum atomic E-state index is -4.34. The number of nitrogens with zero attached hydrogens (tertiary/aromatic N) is 1. The molecule has 0 fully saturated rings. The predicted molar refractivity (Wildman–Crippen MR) is 72.7 cm³/mol. The summed E-state index contributed by atoms with van der Waals surface area (Å²) in [5.74, 6) is -1.72. The molecule has 0 aromatic heterocycles. The summed E-state index contributed by atoms with van der Waals surface area (Å²) in [5.41, 5.74) is 4.80. The Labute approximate surface area is 119 Å². The molecule has 0 heterocycles. The Bertz CT molecular complexity index is 825. The highest BCUT2D eigenvalue weighted by atomic mass is 32.2. The second-order valence-corrected chi connectivity index (χ2v) is 5.68. The maximum absolute atomic E-state index is 13.7. The first kappa shape index (κ1) is 14.7. The highest BCUT2D eigenvalue weighted by Gasteiger charge is 2.23. The highest BCUT2D eigenvalue weighted by molar-refractivity contribution is 7.92. The van der Waals surface area contributed by atoms with Crippen molar-refractivity contribution >= 4 is 21.4 Å². The van der Waals surface area contributed by atoms with Crippen molar-refractivity contribution in [2.24, 2.45) is 0 Å². The number of nitrogens with one attached hydrogen (secondary N) is 1. The van der Waals surface area contributed by atoms with E-state index in [0.717, 1.165) is 24.3 Å². The molecule has 0 saturated carbocycles. The summed E-state index contributed by atoms with van der Waals surface area (Å²) in [7, 11) is -4.34. The number of benzene rings is 2. The summed E-state index contributed by atoms with van der Waals surface area (Å²) >= 11 is 0. The molecule has 0 atom stereocenters. The molecule has 0 aliphatic heterocycles. The van der Waals surface area contributed by atoms with Gasteiger partial charge < -0.3 is 5.73 Å². The number of anilines is 2. The van der Waals surface area contributed by atoms with Crippen LogP contribution in [-0.2, 0) is 10.0 Å². The molecule has 108 valence electrons. The first-order valence-corrected chi connectivity index (χ1v) is 7.10. The lowest BCUT2D eigenvalue weighted by Crippen LogP contribution is -2.17. The number of rotatable bonds is 3. The second-order valence-electron chi connectivity index (χ2n) is 4.07. The zero-order valence-electron chi connectivity index (χ0n) is 10.5.